The van der Waals surface area contributed by atoms with Crippen molar-refractivity contribution >= 4 is 16.8 Å². The molecule has 1 heteroatoms. The summed E-state index contributed by atoms with van der Waals surface area (Å²) in [6.07, 6.45) is 4.52. The van der Waals surface area contributed by atoms with Gasteiger partial charge in [0.25, 0.3) is 0 Å². The van der Waals surface area contributed by atoms with E-state index in [0.29, 0.717) is 0 Å². The van der Waals surface area contributed by atoms with Gasteiger partial charge in [0.15, 0.2) is 5.60 Å². The highest BCUT2D eigenvalue weighted by Gasteiger charge is 2.48. The monoisotopic (exact) mass is 374 g/mol. The Bertz CT molecular complexity index is 1260. The van der Waals surface area contributed by atoms with Crippen LogP contribution < -0.4 is 4.74 Å². The highest BCUT2D eigenvalue weighted by molar-refractivity contribution is 5.94. The summed E-state index contributed by atoms with van der Waals surface area (Å²) in [5, 5.41) is 2.47. The molecule has 1 spiro atoms. The molecule has 0 radical (unpaired) electrons. The van der Waals surface area contributed by atoms with Gasteiger partial charge in [-0.2, -0.15) is 0 Å². The molecule has 0 unspecified atom stereocenters. The summed E-state index contributed by atoms with van der Waals surface area (Å²) in [6.45, 7) is 4.62. The summed E-state index contributed by atoms with van der Waals surface area (Å²) in [7, 11) is 0. The molecule has 4 aromatic rings. The van der Waals surface area contributed by atoms with Gasteiger partial charge in [-0.25, -0.2) is 0 Å². The maximum absolute atomic E-state index is 6.93. The smallest absolute Gasteiger partial charge is 0.178 e. The molecule has 0 bridgehead atoms. The van der Waals surface area contributed by atoms with Gasteiger partial charge in [-0.1, -0.05) is 92.7 Å². The van der Waals surface area contributed by atoms with Crippen LogP contribution in [0.2, 0.25) is 0 Å². The van der Waals surface area contributed by atoms with E-state index in [1.54, 1.807) is 0 Å². The number of hydrogen-bond donors (Lipinski definition) is 0. The van der Waals surface area contributed by atoms with Crippen molar-refractivity contribution < 1.29 is 4.74 Å². The number of rotatable bonds is 0. The first-order valence-electron chi connectivity index (χ1n) is 10.2. The molecule has 29 heavy (non-hydrogen) atoms. The third kappa shape index (κ3) is 2.10. The van der Waals surface area contributed by atoms with Crippen molar-refractivity contribution in [3.63, 3.8) is 0 Å². The molecule has 1 aliphatic heterocycles. The third-order valence-electron chi connectivity index (χ3n) is 6.69. The van der Waals surface area contributed by atoms with Crippen LogP contribution in [0.25, 0.3) is 16.8 Å². The topological polar surface area (TPSA) is 9.23 Å². The van der Waals surface area contributed by atoms with Crippen molar-refractivity contribution in [2.75, 3.05) is 0 Å². The van der Waals surface area contributed by atoms with Crippen LogP contribution in [-0.2, 0) is 11.0 Å². The minimum absolute atomic E-state index is 0.0701. The van der Waals surface area contributed by atoms with E-state index in [4.69, 9.17) is 4.74 Å². The summed E-state index contributed by atoms with van der Waals surface area (Å²) in [5.74, 6) is 0.940. The zero-order valence-electron chi connectivity index (χ0n) is 16.6. The Kier molecular flexibility index (Phi) is 3.21. The lowest BCUT2D eigenvalue weighted by Gasteiger charge is -2.46. The minimum Gasteiger partial charge on any atom is -0.473 e. The van der Waals surface area contributed by atoms with Gasteiger partial charge in [0.2, 0.25) is 0 Å². The molecule has 0 atom stereocenters. The molecule has 6 rings (SSSR count). The molecule has 2 aliphatic rings. The Hall–Kier alpha value is -3.32. The fraction of sp³-hybridized carbons (Fsp3) is 0.143. The van der Waals surface area contributed by atoms with Gasteiger partial charge in [-0.05, 0) is 40.1 Å². The Morgan fingerprint density at radius 3 is 1.90 bits per heavy atom. The van der Waals surface area contributed by atoms with E-state index >= 15 is 0 Å². The largest absolute Gasteiger partial charge is 0.473 e. The Morgan fingerprint density at radius 2 is 1.21 bits per heavy atom. The van der Waals surface area contributed by atoms with Crippen LogP contribution in [0.1, 0.15) is 41.7 Å². The average Bonchev–Trinajstić information content (AvgIpc) is 2.78. The number of benzene rings is 4. The second-order valence-corrected chi connectivity index (χ2v) is 8.59. The minimum atomic E-state index is -0.599. The lowest BCUT2D eigenvalue weighted by Crippen LogP contribution is -2.43. The molecule has 0 fully saturated rings. The van der Waals surface area contributed by atoms with Gasteiger partial charge in [0.1, 0.15) is 5.75 Å². The fourth-order valence-corrected chi connectivity index (χ4v) is 5.23. The van der Waals surface area contributed by atoms with Gasteiger partial charge in [-0.15, -0.1) is 0 Å². The average molecular weight is 374 g/mol. The van der Waals surface area contributed by atoms with Crippen LogP contribution in [-0.4, -0.2) is 0 Å². The van der Waals surface area contributed by atoms with Crippen LogP contribution >= 0.6 is 0 Å². The molecule has 0 saturated heterocycles. The molecular formula is C28H22O. The van der Waals surface area contributed by atoms with Crippen molar-refractivity contribution in [3.8, 4) is 5.75 Å². The van der Waals surface area contributed by atoms with Gasteiger partial charge >= 0.3 is 0 Å². The highest BCUT2D eigenvalue weighted by atomic mass is 16.5. The first-order valence-corrected chi connectivity index (χ1v) is 10.2. The van der Waals surface area contributed by atoms with Gasteiger partial charge in [-0.3, -0.25) is 0 Å². The molecule has 0 amide bonds. The van der Waals surface area contributed by atoms with Crippen LogP contribution in [0.15, 0.2) is 91.0 Å². The van der Waals surface area contributed by atoms with Gasteiger partial charge in [0.05, 0.1) is 0 Å². The fourth-order valence-electron chi connectivity index (χ4n) is 5.23. The quantitative estimate of drug-likeness (QED) is 0.328. The zero-order chi connectivity index (χ0) is 19.6. The highest BCUT2D eigenvalue weighted by Crippen LogP contribution is 2.53. The van der Waals surface area contributed by atoms with Crippen LogP contribution in [0.5, 0.6) is 5.75 Å². The van der Waals surface area contributed by atoms with Crippen molar-refractivity contribution in [3.05, 3.63) is 119 Å². The molecule has 1 aliphatic carbocycles. The second kappa shape index (κ2) is 5.61. The maximum atomic E-state index is 6.93. The third-order valence-corrected chi connectivity index (χ3v) is 6.69. The summed E-state index contributed by atoms with van der Waals surface area (Å²) in [4.78, 5) is 0. The summed E-state index contributed by atoms with van der Waals surface area (Å²) >= 11 is 0. The molecular weight excluding hydrogens is 352 g/mol. The summed E-state index contributed by atoms with van der Waals surface area (Å²) in [6, 6.07) is 30.2. The molecule has 1 nitrogen and oxygen atoms in total. The van der Waals surface area contributed by atoms with E-state index in [1.165, 1.54) is 33.0 Å². The zero-order valence-corrected chi connectivity index (χ0v) is 16.6. The molecule has 0 aromatic heterocycles. The molecule has 140 valence electrons. The van der Waals surface area contributed by atoms with E-state index in [0.717, 1.165) is 11.3 Å². The Morgan fingerprint density at radius 1 is 0.621 bits per heavy atom. The lowest BCUT2D eigenvalue weighted by atomic mass is 9.63. The Balaban J connectivity index is 1.66. The van der Waals surface area contributed by atoms with E-state index in [-0.39, 0.29) is 5.41 Å². The van der Waals surface area contributed by atoms with Crippen LogP contribution in [0.3, 0.4) is 0 Å². The van der Waals surface area contributed by atoms with Gasteiger partial charge < -0.3 is 4.74 Å². The molecule has 0 saturated carbocycles. The van der Waals surface area contributed by atoms with Crippen molar-refractivity contribution in [2.24, 2.45) is 0 Å². The van der Waals surface area contributed by atoms with E-state index in [2.05, 4.69) is 111 Å². The standard InChI is InChI=1S/C28H22O/c1-27(2)22-11-5-7-13-24(22)28(25-14-8-6-12-23(25)27)18-17-21-20-10-4-3-9-19(20)15-16-26(21)29-28/h3-18H,1-2H3. The van der Waals surface area contributed by atoms with E-state index in [1.807, 2.05) is 0 Å². The SMILES string of the molecule is CC1(C)c2ccccc2C2(C=Cc3c(ccc4ccccc34)O2)c2ccccc21. The van der Waals surface area contributed by atoms with Crippen molar-refractivity contribution in [1.82, 2.24) is 0 Å². The lowest BCUT2D eigenvalue weighted by molar-refractivity contribution is 0.152. The first-order chi connectivity index (χ1) is 14.1. The normalized spacial score (nSPS) is 17.3. The number of hydrogen-bond acceptors (Lipinski definition) is 1. The summed E-state index contributed by atoms with van der Waals surface area (Å²) in [5.41, 5.74) is 5.61. The summed E-state index contributed by atoms with van der Waals surface area (Å²) < 4.78 is 6.93. The van der Waals surface area contributed by atoms with Crippen LogP contribution in [0.4, 0.5) is 0 Å². The predicted octanol–water partition coefficient (Wildman–Crippen LogP) is 6.83. The van der Waals surface area contributed by atoms with E-state index < -0.39 is 5.60 Å². The van der Waals surface area contributed by atoms with E-state index in [9.17, 15) is 0 Å². The maximum Gasteiger partial charge on any atom is 0.178 e. The molecule has 4 aromatic carbocycles. The predicted molar refractivity (Wildman–Crippen MR) is 119 cm³/mol. The second-order valence-electron chi connectivity index (χ2n) is 8.59. The van der Waals surface area contributed by atoms with Crippen LogP contribution in [0, 0.1) is 0 Å². The van der Waals surface area contributed by atoms with Gasteiger partial charge in [0, 0.05) is 22.1 Å². The molecule has 0 N–H and O–H groups in total. The van der Waals surface area contributed by atoms with Crippen molar-refractivity contribution in [2.45, 2.75) is 24.9 Å². The van der Waals surface area contributed by atoms with Crippen molar-refractivity contribution in [1.29, 1.82) is 0 Å². The molecule has 1 heterocycles. The number of fused-ring (bicyclic) bond motifs is 7. The number of ether oxygens (including phenoxy) is 1. The Labute approximate surface area is 171 Å². The first kappa shape index (κ1) is 16.6.